The van der Waals surface area contributed by atoms with Gasteiger partial charge in [-0.25, -0.2) is 0 Å². The first-order valence-electron chi connectivity index (χ1n) is 4.85. The molecule has 0 aliphatic carbocycles. The van der Waals surface area contributed by atoms with Crippen LogP contribution in [0.5, 0.6) is 0 Å². The van der Waals surface area contributed by atoms with Gasteiger partial charge in [0.05, 0.1) is 12.9 Å². The molecule has 0 heterocycles. The first-order chi connectivity index (χ1) is 7.95. The third kappa shape index (κ3) is 5.11. The van der Waals surface area contributed by atoms with E-state index >= 15 is 0 Å². The van der Waals surface area contributed by atoms with Crippen molar-refractivity contribution in [1.29, 1.82) is 0 Å². The third-order valence-corrected chi connectivity index (χ3v) is 2.02. The summed E-state index contributed by atoms with van der Waals surface area (Å²) in [6.07, 6.45) is -5.55. The topological polar surface area (TPSA) is 150 Å². The maximum absolute atomic E-state index is 11.2. The summed E-state index contributed by atoms with van der Waals surface area (Å²) in [6, 6.07) is 0. The zero-order valence-corrected chi connectivity index (χ0v) is 8.97. The van der Waals surface area contributed by atoms with Gasteiger partial charge in [-0.15, -0.1) is 0 Å². The lowest BCUT2D eigenvalue weighted by Crippen LogP contribution is -2.51. The van der Waals surface area contributed by atoms with E-state index in [1.807, 2.05) is 0 Å². The second kappa shape index (κ2) is 7.98. The predicted octanol–water partition coefficient (Wildman–Crippen LogP) is -3.39. The highest BCUT2D eigenvalue weighted by Crippen LogP contribution is 2.05. The lowest BCUT2D eigenvalue weighted by atomic mass is 10.0. The van der Waals surface area contributed by atoms with Gasteiger partial charge >= 0.3 is 0 Å². The molecule has 0 aromatic heterocycles. The summed E-state index contributed by atoms with van der Waals surface area (Å²) >= 11 is 0. The largest absolute Gasteiger partial charge is 0.516 e. The molecular weight excluding hydrogens is 234 g/mol. The Kier molecular flexibility index (Phi) is 7.42. The molecule has 0 aromatic carbocycles. The van der Waals surface area contributed by atoms with Gasteiger partial charge in [0, 0.05) is 6.54 Å². The number of amides is 1. The van der Waals surface area contributed by atoms with Crippen molar-refractivity contribution < 1.29 is 35.4 Å². The van der Waals surface area contributed by atoms with Crippen LogP contribution in [-0.2, 0) is 4.79 Å². The van der Waals surface area contributed by atoms with Crippen molar-refractivity contribution in [2.75, 3.05) is 13.2 Å². The van der Waals surface area contributed by atoms with E-state index in [9.17, 15) is 20.1 Å². The number of rotatable bonds is 7. The monoisotopic (exact) mass is 251 g/mol. The fourth-order valence-electron chi connectivity index (χ4n) is 0.994. The van der Waals surface area contributed by atoms with Gasteiger partial charge in [-0.2, -0.15) is 0 Å². The normalized spacial score (nSPS) is 18.6. The van der Waals surface area contributed by atoms with E-state index in [1.165, 1.54) is 6.08 Å². The summed E-state index contributed by atoms with van der Waals surface area (Å²) in [5.41, 5.74) is 0. The van der Waals surface area contributed by atoms with Gasteiger partial charge in [0.25, 0.3) is 5.91 Å². The molecule has 8 nitrogen and oxygen atoms in total. The molecule has 0 radical (unpaired) electrons. The Bertz CT molecular complexity index is 258. The van der Waals surface area contributed by atoms with E-state index in [0.29, 0.717) is 6.26 Å². The fraction of sp³-hybridized carbons (Fsp3) is 0.667. The fourth-order valence-corrected chi connectivity index (χ4v) is 0.994. The summed E-state index contributed by atoms with van der Waals surface area (Å²) in [5, 5.41) is 55.7. The number of aliphatic hydroxyl groups is 6. The van der Waals surface area contributed by atoms with E-state index in [2.05, 4.69) is 5.32 Å². The van der Waals surface area contributed by atoms with Gasteiger partial charge < -0.3 is 36.0 Å². The minimum atomic E-state index is -1.96. The highest BCUT2D eigenvalue weighted by Gasteiger charge is 2.33. The van der Waals surface area contributed by atoms with Crippen molar-refractivity contribution in [2.45, 2.75) is 24.4 Å². The first kappa shape index (κ1) is 15.8. The second-order valence-corrected chi connectivity index (χ2v) is 3.31. The van der Waals surface area contributed by atoms with Gasteiger partial charge in [0.2, 0.25) is 0 Å². The summed E-state index contributed by atoms with van der Waals surface area (Å²) in [6.45, 7) is -0.891. The zero-order chi connectivity index (χ0) is 13.4. The van der Waals surface area contributed by atoms with Gasteiger partial charge in [0.15, 0.2) is 6.10 Å². The van der Waals surface area contributed by atoms with Gasteiger partial charge in [-0.05, 0) is 6.08 Å². The van der Waals surface area contributed by atoms with E-state index in [4.69, 9.17) is 15.3 Å². The number of aliphatic hydroxyl groups excluding tert-OH is 6. The van der Waals surface area contributed by atoms with E-state index in [0.717, 1.165) is 0 Å². The van der Waals surface area contributed by atoms with Crippen LogP contribution >= 0.6 is 0 Å². The molecule has 0 saturated heterocycles. The minimum absolute atomic E-state index is 0.0717. The maximum atomic E-state index is 11.2. The van der Waals surface area contributed by atoms with Crippen molar-refractivity contribution >= 4 is 5.91 Å². The first-order valence-corrected chi connectivity index (χ1v) is 4.85. The smallest absolute Gasteiger partial charge is 0.251 e. The van der Waals surface area contributed by atoms with Crippen LogP contribution in [0, 0.1) is 0 Å². The minimum Gasteiger partial charge on any atom is -0.516 e. The van der Waals surface area contributed by atoms with Crippen LogP contribution in [0.15, 0.2) is 12.3 Å². The SMILES string of the molecule is O=C(NCC=CO)C(O)C(O)C(O)C(O)CO. The quantitative estimate of drug-likeness (QED) is 0.233. The maximum Gasteiger partial charge on any atom is 0.251 e. The van der Waals surface area contributed by atoms with Gasteiger partial charge in [-0.1, -0.05) is 0 Å². The number of hydrogen-bond acceptors (Lipinski definition) is 7. The standard InChI is InChI=1S/C9H17NO7/c11-3-1-2-10-9(17)8(16)7(15)6(14)5(13)4-12/h1,3,5-8,11-16H,2,4H2,(H,10,17). The molecule has 7 N–H and O–H groups in total. The van der Waals surface area contributed by atoms with Crippen molar-refractivity contribution in [3.63, 3.8) is 0 Å². The van der Waals surface area contributed by atoms with Crippen LogP contribution in [0.1, 0.15) is 0 Å². The Morgan fingerprint density at radius 3 is 2.24 bits per heavy atom. The van der Waals surface area contributed by atoms with Crippen molar-refractivity contribution in [3.05, 3.63) is 12.3 Å². The molecule has 0 aliphatic rings. The van der Waals surface area contributed by atoms with Crippen molar-refractivity contribution in [3.8, 4) is 0 Å². The Hall–Kier alpha value is -1.19. The molecule has 0 saturated carbocycles. The van der Waals surface area contributed by atoms with Crippen LogP contribution in [0.3, 0.4) is 0 Å². The Labute approximate surface area is 97.4 Å². The lowest BCUT2D eigenvalue weighted by molar-refractivity contribution is -0.148. The third-order valence-electron chi connectivity index (χ3n) is 2.02. The Morgan fingerprint density at radius 1 is 1.18 bits per heavy atom. The van der Waals surface area contributed by atoms with Crippen molar-refractivity contribution in [2.24, 2.45) is 0 Å². The Balaban J connectivity index is 4.27. The van der Waals surface area contributed by atoms with E-state index in [-0.39, 0.29) is 6.54 Å². The molecule has 4 unspecified atom stereocenters. The van der Waals surface area contributed by atoms with Gasteiger partial charge in [-0.3, -0.25) is 4.79 Å². The number of nitrogens with one attached hydrogen (secondary N) is 1. The van der Waals surface area contributed by atoms with Crippen molar-refractivity contribution in [1.82, 2.24) is 5.32 Å². The number of carbonyl (C=O) groups excluding carboxylic acids is 1. The average molecular weight is 251 g/mol. The molecule has 17 heavy (non-hydrogen) atoms. The van der Waals surface area contributed by atoms with Crippen LogP contribution in [0.25, 0.3) is 0 Å². The molecule has 4 atom stereocenters. The molecule has 0 fully saturated rings. The molecule has 0 bridgehead atoms. The van der Waals surface area contributed by atoms with E-state index in [1.54, 1.807) is 0 Å². The molecular formula is C9H17NO7. The average Bonchev–Trinajstić information content (AvgIpc) is 2.35. The molecule has 8 heteroatoms. The molecule has 0 spiro atoms. The summed E-state index contributed by atoms with van der Waals surface area (Å²) in [7, 11) is 0. The van der Waals surface area contributed by atoms with Crippen LogP contribution in [0.2, 0.25) is 0 Å². The molecule has 0 aliphatic heterocycles. The number of carbonyl (C=O) groups is 1. The van der Waals surface area contributed by atoms with Gasteiger partial charge in [0.1, 0.15) is 18.3 Å². The molecule has 1 amide bonds. The summed E-state index contributed by atoms with van der Waals surface area (Å²) in [4.78, 5) is 11.2. The van der Waals surface area contributed by atoms with Crippen LogP contribution in [-0.4, -0.2) is 74.1 Å². The highest BCUT2D eigenvalue weighted by atomic mass is 16.4. The van der Waals surface area contributed by atoms with Crippen LogP contribution < -0.4 is 5.32 Å². The summed E-state index contributed by atoms with van der Waals surface area (Å²) < 4.78 is 0. The second-order valence-electron chi connectivity index (χ2n) is 3.31. The number of hydrogen-bond donors (Lipinski definition) is 7. The molecule has 0 rings (SSSR count). The Morgan fingerprint density at radius 2 is 1.76 bits per heavy atom. The molecule has 0 aromatic rings. The highest BCUT2D eigenvalue weighted by molar-refractivity contribution is 5.81. The van der Waals surface area contributed by atoms with E-state index < -0.39 is 36.9 Å². The molecule has 100 valence electrons. The zero-order valence-electron chi connectivity index (χ0n) is 8.97. The van der Waals surface area contributed by atoms with Crippen LogP contribution in [0.4, 0.5) is 0 Å². The predicted molar refractivity (Wildman–Crippen MR) is 55.9 cm³/mol. The summed E-state index contributed by atoms with van der Waals surface area (Å²) in [5.74, 6) is -0.986. The lowest BCUT2D eigenvalue weighted by Gasteiger charge is -2.24.